The van der Waals surface area contributed by atoms with E-state index in [0.717, 1.165) is 45.1 Å². The Balaban J connectivity index is 1.22. The Morgan fingerprint density at radius 2 is 1.78 bits per heavy atom. The smallest absolute Gasteiger partial charge is 0.224 e. The third-order valence-corrected chi connectivity index (χ3v) is 6.73. The van der Waals surface area contributed by atoms with Gasteiger partial charge in [-0.2, -0.15) is 5.10 Å². The summed E-state index contributed by atoms with van der Waals surface area (Å²) in [5.74, 6) is 0.821. The lowest BCUT2D eigenvalue weighted by atomic mass is 9.95. The molecule has 1 atom stereocenters. The average molecular weight is 480 g/mol. The summed E-state index contributed by atoms with van der Waals surface area (Å²) in [4.78, 5) is 24.8. The van der Waals surface area contributed by atoms with Crippen molar-refractivity contribution in [3.8, 4) is 22.6 Å². The van der Waals surface area contributed by atoms with Gasteiger partial charge in [0.15, 0.2) is 5.78 Å². The van der Waals surface area contributed by atoms with E-state index in [-0.39, 0.29) is 24.2 Å². The van der Waals surface area contributed by atoms with Gasteiger partial charge in [-0.1, -0.05) is 48.5 Å². The van der Waals surface area contributed by atoms with E-state index in [1.807, 2.05) is 85.3 Å². The third-order valence-electron chi connectivity index (χ3n) is 6.73. The van der Waals surface area contributed by atoms with Gasteiger partial charge in [0.1, 0.15) is 11.9 Å². The number of nitrogens with one attached hydrogen (secondary N) is 1. The number of carbonyl (C=O) groups is 2. The molecule has 3 aromatic carbocycles. The summed E-state index contributed by atoms with van der Waals surface area (Å²) >= 11 is 0. The quantitative estimate of drug-likeness (QED) is 0.378. The second-order valence-electron chi connectivity index (χ2n) is 9.25. The van der Waals surface area contributed by atoms with Gasteiger partial charge in [-0.05, 0) is 61.7 Å². The first kappa shape index (κ1) is 23.5. The molecule has 4 aromatic rings. The molecule has 0 radical (unpaired) electrons. The molecule has 5 rings (SSSR count). The monoisotopic (exact) mass is 479 g/mol. The standard InChI is InChI=1S/C30H29N3O3/c1-19-28(20(2)33(32-19)24-9-5-4-6-10-24)17-30(35)31-18-25-16-23-15-22(13-14-29(23)36-25)27-12-8-7-11-26(27)21(3)34/h4-15,25H,16-18H2,1-3H3,(H,31,35). The SMILES string of the molecule is CC(=O)c1ccccc1-c1ccc2c(c1)CC(CNC(=O)Cc1c(C)nn(-c3ccccc3)c1C)O2. The molecule has 1 unspecified atom stereocenters. The second-order valence-corrected chi connectivity index (χ2v) is 9.25. The maximum absolute atomic E-state index is 12.8. The van der Waals surface area contributed by atoms with E-state index in [4.69, 9.17) is 4.74 Å². The Bertz CT molecular complexity index is 1440. The van der Waals surface area contributed by atoms with Crippen LogP contribution in [0.5, 0.6) is 5.75 Å². The van der Waals surface area contributed by atoms with Gasteiger partial charge in [0.25, 0.3) is 0 Å². The molecule has 6 heteroatoms. The zero-order chi connectivity index (χ0) is 25.2. The van der Waals surface area contributed by atoms with Crippen molar-refractivity contribution in [3.63, 3.8) is 0 Å². The molecule has 0 fully saturated rings. The van der Waals surface area contributed by atoms with Crippen LogP contribution in [0.15, 0.2) is 72.8 Å². The number of aryl methyl sites for hydroxylation is 1. The molecule has 0 bridgehead atoms. The average Bonchev–Trinajstić information content (AvgIpc) is 3.43. The lowest BCUT2D eigenvalue weighted by molar-refractivity contribution is -0.120. The highest BCUT2D eigenvalue weighted by atomic mass is 16.5. The summed E-state index contributed by atoms with van der Waals surface area (Å²) in [5.41, 5.74) is 7.46. The summed E-state index contributed by atoms with van der Waals surface area (Å²) in [5, 5.41) is 7.68. The van der Waals surface area contributed by atoms with Crippen LogP contribution in [-0.4, -0.2) is 34.1 Å². The van der Waals surface area contributed by atoms with Gasteiger partial charge >= 0.3 is 0 Å². The lowest BCUT2D eigenvalue weighted by Gasteiger charge is -2.12. The van der Waals surface area contributed by atoms with Crippen LogP contribution in [-0.2, 0) is 17.6 Å². The number of rotatable bonds is 7. The van der Waals surface area contributed by atoms with Crippen LogP contribution in [0.4, 0.5) is 0 Å². The third kappa shape index (κ3) is 4.67. The molecule has 1 aromatic heterocycles. The largest absolute Gasteiger partial charge is 0.488 e. The van der Waals surface area contributed by atoms with Crippen molar-refractivity contribution in [3.05, 3.63) is 101 Å². The van der Waals surface area contributed by atoms with Crippen LogP contribution >= 0.6 is 0 Å². The van der Waals surface area contributed by atoms with Gasteiger partial charge in [-0.15, -0.1) is 0 Å². The number of ketones is 1. The zero-order valence-electron chi connectivity index (χ0n) is 20.7. The molecule has 182 valence electrons. The molecule has 0 saturated carbocycles. The minimum atomic E-state index is -0.128. The maximum Gasteiger partial charge on any atom is 0.224 e. The number of fused-ring (bicyclic) bond motifs is 1. The number of benzene rings is 3. The fraction of sp³-hybridized carbons (Fsp3) is 0.233. The molecule has 2 heterocycles. The normalized spacial score (nSPS) is 14.2. The Hall–Kier alpha value is -4.19. The first-order valence-electron chi connectivity index (χ1n) is 12.2. The number of para-hydroxylation sites is 1. The topological polar surface area (TPSA) is 73.2 Å². The summed E-state index contributed by atoms with van der Waals surface area (Å²) in [6.07, 6.45) is 0.850. The number of ether oxygens (including phenoxy) is 1. The van der Waals surface area contributed by atoms with Crippen LogP contribution in [0.25, 0.3) is 16.8 Å². The maximum atomic E-state index is 12.8. The van der Waals surface area contributed by atoms with E-state index in [9.17, 15) is 9.59 Å². The molecule has 1 N–H and O–H groups in total. The molecular formula is C30H29N3O3. The van der Waals surface area contributed by atoms with Crippen LogP contribution in [0.3, 0.4) is 0 Å². The Morgan fingerprint density at radius 1 is 1.03 bits per heavy atom. The predicted molar refractivity (Wildman–Crippen MR) is 140 cm³/mol. The van der Waals surface area contributed by atoms with E-state index < -0.39 is 0 Å². The van der Waals surface area contributed by atoms with E-state index in [1.165, 1.54) is 0 Å². The first-order chi connectivity index (χ1) is 17.4. The van der Waals surface area contributed by atoms with Crippen molar-refractivity contribution >= 4 is 11.7 Å². The second kappa shape index (κ2) is 9.82. The van der Waals surface area contributed by atoms with Crippen molar-refractivity contribution < 1.29 is 14.3 Å². The summed E-state index contributed by atoms with van der Waals surface area (Å²) in [6.45, 7) is 5.95. The number of nitrogens with zero attached hydrogens (tertiary/aromatic N) is 2. The molecule has 6 nitrogen and oxygen atoms in total. The van der Waals surface area contributed by atoms with Gasteiger partial charge in [0.2, 0.25) is 5.91 Å². The van der Waals surface area contributed by atoms with Crippen LogP contribution in [0.2, 0.25) is 0 Å². The summed E-state index contributed by atoms with van der Waals surface area (Å²) < 4.78 is 7.97. The highest BCUT2D eigenvalue weighted by Crippen LogP contribution is 2.34. The highest BCUT2D eigenvalue weighted by Gasteiger charge is 2.25. The molecule has 1 amide bonds. The fourth-order valence-electron chi connectivity index (χ4n) is 4.85. The van der Waals surface area contributed by atoms with Crippen molar-refractivity contribution in [1.82, 2.24) is 15.1 Å². The predicted octanol–water partition coefficient (Wildman–Crippen LogP) is 5.02. The minimum Gasteiger partial charge on any atom is -0.488 e. The highest BCUT2D eigenvalue weighted by molar-refractivity contribution is 6.00. The van der Waals surface area contributed by atoms with Gasteiger partial charge in [-0.25, -0.2) is 4.68 Å². The van der Waals surface area contributed by atoms with Crippen molar-refractivity contribution in [1.29, 1.82) is 0 Å². The molecule has 0 spiro atoms. The van der Waals surface area contributed by atoms with Gasteiger partial charge < -0.3 is 10.1 Å². The van der Waals surface area contributed by atoms with E-state index in [1.54, 1.807) is 6.92 Å². The van der Waals surface area contributed by atoms with Crippen LogP contribution < -0.4 is 10.1 Å². The Labute approximate surface area is 210 Å². The van der Waals surface area contributed by atoms with Gasteiger partial charge in [-0.3, -0.25) is 9.59 Å². The van der Waals surface area contributed by atoms with Crippen molar-refractivity contribution in [2.24, 2.45) is 0 Å². The number of hydrogen-bond donors (Lipinski definition) is 1. The van der Waals surface area contributed by atoms with E-state index in [2.05, 4.69) is 16.5 Å². The number of Topliss-reactive ketones (excluding diaryl/α,β-unsaturated/α-hetero) is 1. The number of amides is 1. The molecule has 0 saturated heterocycles. The van der Waals surface area contributed by atoms with Crippen LogP contribution in [0.1, 0.15) is 39.8 Å². The number of carbonyl (C=O) groups excluding carboxylic acids is 2. The minimum absolute atomic E-state index is 0.0442. The number of hydrogen-bond acceptors (Lipinski definition) is 4. The van der Waals surface area contributed by atoms with E-state index in [0.29, 0.717) is 18.5 Å². The number of aromatic nitrogens is 2. The van der Waals surface area contributed by atoms with Crippen molar-refractivity contribution in [2.45, 2.75) is 39.7 Å². The molecular weight excluding hydrogens is 450 g/mol. The first-order valence-corrected chi connectivity index (χ1v) is 12.2. The van der Waals surface area contributed by atoms with E-state index >= 15 is 0 Å². The molecule has 0 aliphatic carbocycles. The lowest BCUT2D eigenvalue weighted by Crippen LogP contribution is -2.35. The Morgan fingerprint density at radius 3 is 2.56 bits per heavy atom. The van der Waals surface area contributed by atoms with Gasteiger partial charge in [0, 0.05) is 23.2 Å². The van der Waals surface area contributed by atoms with Crippen molar-refractivity contribution in [2.75, 3.05) is 6.54 Å². The molecule has 1 aliphatic rings. The van der Waals surface area contributed by atoms with Gasteiger partial charge in [0.05, 0.1) is 24.3 Å². The Kier molecular flexibility index (Phi) is 6.42. The fourth-order valence-corrected chi connectivity index (χ4v) is 4.85. The summed E-state index contributed by atoms with van der Waals surface area (Å²) in [7, 11) is 0. The zero-order valence-corrected chi connectivity index (χ0v) is 20.7. The molecule has 36 heavy (non-hydrogen) atoms. The summed E-state index contributed by atoms with van der Waals surface area (Å²) in [6, 6.07) is 23.6. The molecule has 1 aliphatic heterocycles. The van der Waals surface area contributed by atoms with Crippen LogP contribution in [0, 0.1) is 13.8 Å².